The van der Waals surface area contributed by atoms with Crippen molar-refractivity contribution in [3.63, 3.8) is 0 Å². The first-order chi connectivity index (χ1) is 16.0. The number of nitrogens with one attached hydrogen (secondary N) is 1. The van der Waals surface area contributed by atoms with E-state index in [2.05, 4.69) is 25.3 Å². The molecule has 2 fully saturated rings. The molecule has 5 rings (SSSR count). The van der Waals surface area contributed by atoms with E-state index >= 15 is 0 Å². The van der Waals surface area contributed by atoms with E-state index in [1.165, 1.54) is 30.0 Å². The number of amides is 1. The molecule has 9 nitrogen and oxygen atoms in total. The molecule has 176 valence electrons. The molecule has 1 aromatic heterocycles. The zero-order valence-corrected chi connectivity index (χ0v) is 19.6. The van der Waals surface area contributed by atoms with Crippen LogP contribution >= 0.6 is 0 Å². The number of fused-ring (bicyclic) bond motifs is 1. The molecule has 0 radical (unpaired) electrons. The van der Waals surface area contributed by atoms with Crippen LogP contribution in [0.3, 0.4) is 0 Å². The predicted molar refractivity (Wildman–Crippen MR) is 127 cm³/mol. The number of aryl methyl sites for hydroxylation is 1. The summed E-state index contributed by atoms with van der Waals surface area (Å²) in [7, 11) is -3.59. The maximum absolute atomic E-state index is 13.2. The van der Waals surface area contributed by atoms with Gasteiger partial charge in [0.05, 0.1) is 4.90 Å². The van der Waals surface area contributed by atoms with Crippen molar-refractivity contribution < 1.29 is 13.2 Å². The molecule has 2 saturated heterocycles. The molecule has 1 amide bonds. The van der Waals surface area contributed by atoms with E-state index < -0.39 is 10.0 Å². The Morgan fingerprint density at radius 2 is 1.39 bits per heavy atom. The zero-order chi connectivity index (χ0) is 22.8. The van der Waals surface area contributed by atoms with Crippen molar-refractivity contribution in [1.82, 2.24) is 14.5 Å². The number of piperazine rings is 1. The Labute approximate surface area is 194 Å². The maximum atomic E-state index is 13.2. The first-order valence-electron chi connectivity index (χ1n) is 11.8. The molecule has 0 spiro atoms. The standard InChI is InChI=1S/C23H30N6O3S/c30-23-10-5-18-17-19(6-7-20(18)24-23)33(31,32)29-15-13-28(14-16-29)22-9-8-21(25-26-22)27-11-3-1-2-4-12-27/h6-9,17H,1-5,10-16H2,(H,24,30). The summed E-state index contributed by atoms with van der Waals surface area (Å²) in [6.07, 6.45) is 5.88. The Bertz CT molecular complexity index is 1110. The van der Waals surface area contributed by atoms with Gasteiger partial charge in [0, 0.05) is 51.4 Å². The monoisotopic (exact) mass is 470 g/mol. The summed E-state index contributed by atoms with van der Waals surface area (Å²) in [5.74, 6) is 1.68. The van der Waals surface area contributed by atoms with Crippen molar-refractivity contribution in [2.75, 3.05) is 54.4 Å². The summed E-state index contributed by atoms with van der Waals surface area (Å²) < 4.78 is 28.0. The summed E-state index contributed by atoms with van der Waals surface area (Å²) >= 11 is 0. The van der Waals surface area contributed by atoms with E-state index in [-0.39, 0.29) is 10.8 Å². The van der Waals surface area contributed by atoms with Crippen LogP contribution in [0.15, 0.2) is 35.2 Å². The molecule has 0 bridgehead atoms. The van der Waals surface area contributed by atoms with Crippen LogP contribution in [0, 0.1) is 0 Å². The van der Waals surface area contributed by atoms with Crippen molar-refractivity contribution in [2.45, 2.75) is 43.4 Å². The van der Waals surface area contributed by atoms with Crippen molar-refractivity contribution in [3.05, 3.63) is 35.9 Å². The SMILES string of the molecule is O=C1CCc2cc(S(=O)(=O)N3CCN(c4ccc(N5CCCCCC5)nn4)CC3)ccc2N1. The van der Waals surface area contributed by atoms with Crippen LogP contribution in [-0.4, -0.2) is 68.1 Å². The van der Waals surface area contributed by atoms with E-state index in [9.17, 15) is 13.2 Å². The third-order valence-electron chi connectivity index (χ3n) is 6.74. The summed E-state index contributed by atoms with van der Waals surface area (Å²) in [6, 6.07) is 9.00. The Kier molecular flexibility index (Phi) is 6.20. The number of sulfonamides is 1. The second kappa shape index (κ2) is 9.26. The minimum atomic E-state index is -3.59. The number of hydrogen-bond acceptors (Lipinski definition) is 7. The van der Waals surface area contributed by atoms with Gasteiger partial charge in [-0.3, -0.25) is 4.79 Å². The quantitative estimate of drug-likeness (QED) is 0.732. The van der Waals surface area contributed by atoms with Crippen molar-refractivity contribution in [2.24, 2.45) is 0 Å². The van der Waals surface area contributed by atoms with Gasteiger partial charge in [0.1, 0.15) is 0 Å². The van der Waals surface area contributed by atoms with Gasteiger partial charge < -0.3 is 15.1 Å². The van der Waals surface area contributed by atoms with E-state index in [1.54, 1.807) is 18.2 Å². The van der Waals surface area contributed by atoms with Gasteiger partial charge in [0.25, 0.3) is 0 Å². The normalized spacial score (nSPS) is 20.2. The molecule has 3 aliphatic rings. The van der Waals surface area contributed by atoms with Gasteiger partial charge in [-0.2, -0.15) is 4.31 Å². The predicted octanol–water partition coefficient (Wildman–Crippen LogP) is 2.25. The summed E-state index contributed by atoms with van der Waals surface area (Å²) in [4.78, 5) is 16.2. The van der Waals surface area contributed by atoms with Crippen LogP contribution in [0.1, 0.15) is 37.7 Å². The number of benzene rings is 1. The molecule has 0 atom stereocenters. The van der Waals surface area contributed by atoms with Crippen LogP contribution in [0.4, 0.5) is 17.3 Å². The van der Waals surface area contributed by atoms with E-state index in [1.807, 2.05) is 12.1 Å². The van der Waals surface area contributed by atoms with Gasteiger partial charge in [-0.25, -0.2) is 8.42 Å². The molecule has 33 heavy (non-hydrogen) atoms. The number of hydrogen-bond donors (Lipinski definition) is 1. The molecule has 3 aliphatic heterocycles. The Morgan fingerprint density at radius 1 is 0.758 bits per heavy atom. The lowest BCUT2D eigenvalue weighted by molar-refractivity contribution is -0.116. The maximum Gasteiger partial charge on any atom is 0.243 e. The Balaban J connectivity index is 1.23. The molecule has 0 saturated carbocycles. The first-order valence-corrected chi connectivity index (χ1v) is 13.2. The number of aromatic nitrogens is 2. The van der Waals surface area contributed by atoms with E-state index in [4.69, 9.17) is 0 Å². The van der Waals surface area contributed by atoms with Crippen LogP contribution in [0.25, 0.3) is 0 Å². The van der Waals surface area contributed by atoms with Gasteiger partial charge in [0.2, 0.25) is 15.9 Å². The van der Waals surface area contributed by atoms with Gasteiger partial charge >= 0.3 is 0 Å². The molecular weight excluding hydrogens is 440 g/mol. The van der Waals surface area contributed by atoms with E-state index in [0.29, 0.717) is 44.7 Å². The average Bonchev–Trinajstić information content (AvgIpc) is 3.13. The van der Waals surface area contributed by atoms with E-state index in [0.717, 1.165) is 30.3 Å². The molecule has 1 aromatic carbocycles. The summed E-state index contributed by atoms with van der Waals surface area (Å²) in [5.41, 5.74) is 1.58. The molecule has 0 unspecified atom stereocenters. The second-order valence-corrected chi connectivity index (χ2v) is 10.8. The molecule has 2 aromatic rings. The fourth-order valence-corrected chi connectivity index (χ4v) is 6.26. The van der Waals surface area contributed by atoms with Gasteiger partial charge in [0.15, 0.2) is 11.6 Å². The topological polar surface area (TPSA) is 98.7 Å². The number of carbonyl (C=O) groups is 1. The van der Waals surface area contributed by atoms with Gasteiger partial charge in [-0.1, -0.05) is 12.8 Å². The molecule has 10 heteroatoms. The highest BCUT2D eigenvalue weighted by Gasteiger charge is 2.30. The fraction of sp³-hybridized carbons (Fsp3) is 0.522. The van der Waals surface area contributed by atoms with Crippen LogP contribution in [0.5, 0.6) is 0 Å². The smallest absolute Gasteiger partial charge is 0.243 e. The molecular formula is C23H30N6O3S. The van der Waals surface area contributed by atoms with Gasteiger partial charge in [-0.15, -0.1) is 10.2 Å². The highest BCUT2D eigenvalue weighted by Crippen LogP contribution is 2.28. The first kappa shape index (κ1) is 22.1. The molecule has 0 aliphatic carbocycles. The van der Waals surface area contributed by atoms with Gasteiger partial charge in [-0.05, 0) is 55.2 Å². The second-order valence-electron chi connectivity index (χ2n) is 8.91. The largest absolute Gasteiger partial charge is 0.355 e. The van der Waals surface area contributed by atoms with Crippen LogP contribution < -0.4 is 15.1 Å². The lowest BCUT2D eigenvalue weighted by Crippen LogP contribution is -2.49. The number of anilines is 3. The minimum absolute atomic E-state index is 0.0308. The van der Waals surface area contributed by atoms with Crippen LogP contribution in [0.2, 0.25) is 0 Å². The van der Waals surface area contributed by atoms with Crippen LogP contribution in [-0.2, 0) is 21.2 Å². The average molecular weight is 471 g/mol. The number of rotatable bonds is 4. The fourth-order valence-electron chi connectivity index (χ4n) is 4.78. The highest BCUT2D eigenvalue weighted by atomic mass is 32.2. The van der Waals surface area contributed by atoms with Crippen molar-refractivity contribution in [3.8, 4) is 0 Å². The zero-order valence-electron chi connectivity index (χ0n) is 18.7. The molecule has 4 heterocycles. The lowest BCUT2D eigenvalue weighted by atomic mass is 10.0. The highest BCUT2D eigenvalue weighted by molar-refractivity contribution is 7.89. The van der Waals surface area contributed by atoms with Crippen molar-refractivity contribution >= 4 is 33.3 Å². The Hall–Kier alpha value is -2.72. The summed E-state index contributed by atoms with van der Waals surface area (Å²) in [6.45, 7) is 3.98. The summed E-state index contributed by atoms with van der Waals surface area (Å²) in [5, 5.41) is 11.7. The Morgan fingerprint density at radius 3 is 2.03 bits per heavy atom. The minimum Gasteiger partial charge on any atom is -0.355 e. The molecule has 1 N–H and O–H groups in total. The lowest BCUT2D eigenvalue weighted by Gasteiger charge is -2.34. The van der Waals surface area contributed by atoms with Crippen molar-refractivity contribution in [1.29, 1.82) is 0 Å². The number of carbonyl (C=O) groups excluding carboxylic acids is 1. The third kappa shape index (κ3) is 4.67. The number of nitrogens with zero attached hydrogens (tertiary/aromatic N) is 5. The third-order valence-corrected chi connectivity index (χ3v) is 8.63.